The summed E-state index contributed by atoms with van der Waals surface area (Å²) in [5.74, 6) is 0.257. The second-order valence-electron chi connectivity index (χ2n) is 7.66. The molecule has 6 heteroatoms. The Morgan fingerprint density at radius 1 is 1.21 bits per heavy atom. The maximum atomic E-state index is 12.9. The molecule has 0 unspecified atom stereocenters. The number of hydrogen-bond donors (Lipinski definition) is 2. The van der Waals surface area contributed by atoms with Crippen LogP contribution < -0.4 is 15.8 Å². The Morgan fingerprint density at radius 3 is 2.46 bits per heavy atom. The summed E-state index contributed by atoms with van der Waals surface area (Å²) >= 11 is 6.33. The van der Waals surface area contributed by atoms with E-state index >= 15 is 0 Å². The van der Waals surface area contributed by atoms with E-state index in [0.29, 0.717) is 22.1 Å². The van der Waals surface area contributed by atoms with Crippen molar-refractivity contribution in [3.8, 4) is 0 Å². The standard InChI is InChI=1S/C22H30ClN3O2/c1-7-26(12-13(2)3)20-10-17(23)9-18(16(20)6)21(27)24-11-19-14(4)8-15(5)25-22(19)28/h8-10,13H,7,11-12H2,1-6H3,(H,24,27)(H,25,28). The van der Waals surface area contributed by atoms with Crippen LogP contribution in [-0.2, 0) is 6.54 Å². The highest BCUT2D eigenvalue weighted by Crippen LogP contribution is 2.28. The Morgan fingerprint density at radius 2 is 1.89 bits per heavy atom. The predicted molar refractivity (Wildman–Crippen MR) is 117 cm³/mol. The molecule has 0 bridgehead atoms. The molecule has 1 aromatic carbocycles. The fourth-order valence-electron chi connectivity index (χ4n) is 3.43. The molecule has 152 valence electrons. The lowest BCUT2D eigenvalue weighted by atomic mass is 10.0. The van der Waals surface area contributed by atoms with Crippen molar-refractivity contribution in [1.29, 1.82) is 0 Å². The number of amides is 1. The molecule has 0 saturated heterocycles. The number of rotatable bonds is 7. The molecule has 1 heterocycles. The first-order valence-electron chi connectivity index (χ1n) is 9.66. The first-order chi connectivity index (χ1) is 13.1. The number of benzene rings is 1. The Bertz CT molecular complexity index is 919. The van der Waals surface area contributed by atoms with Gasteiger partial charge < -0.3 is 15.2 Å². The molecule has 2 N–H and O–H groups in total. The van der Waals surface area contributed by atoms with Crippen LogP contribution in [0.25, 0.3) is 0 Å². The van der Waals surface area contributed by atoms with Crippen molar-refractivity contribution in [2.45, 2.75) is 48.1 Å². The van der Waals surface area contributed by atoms with Gasteiger partial charge in [0, 0.05) is 47.2 Å². The lowest BCUT2D eigenvalue weighted by Crippen LogP contribution is -2.30. The molecular formula is C22H30ClN3O2. The molecule has 2 rings (SSSR count). The molecule has 28 heavy (non-hydrogen) atoms. The summed E-state index contributed by atoms with van der Waals surface area (Å²) in [6.45, 7) is 14.0. The highest BCUT2D eigenvalue weighted by Gasteiger charge is 2.18. The van der Waals surface area contributed by atoms with Crippen molar-refractivity contribution in [3.63, 3.8) is 0 Å². The van der Waals surface area contributed by atoms with Gasteiger partial charge in [-0.15, -0.1) is 0 Å². The number of halogens is 1. The van der Waals surface area contributed by atoms with Gasteiger partial charge in [0.2, 0.25) is 0 Å². The highest BCUT2D eigenvalue weighted by atomic mass is 35.5. The number of carbonyl (C=O) groups excluding carboxylic acids is 1. The van der Waals surface area contributed by atoms with Crippen LogP contribution in [0.15, 0.2) is 23.0 Å². The fourth-order valence-corrected chi connectivity index (χ4v) is 3.65. The van der Waals surface area contributed by atoms with E-state index < -0.39 is 0 Å². The number of pyridine rings is 1. The first-order valence-corrected chi connectivity index (χ1v) is 10.0. The zero-order valence-electron chi connectivity index (χ0n) is 17.6. The number of aromatic nitrogens is 1. The summed E-state index contributed by atoms with van der Waals surface area (Å²) in [5.41, 5.74) is 4.45. The van der Waals surface area contributed by atoms with Crippen LogP contribution in [0.4, 0.5) is 5.69 Å². The molecule has 0 aliphatic carbocycles. The molecule has 0 aliphatic rings. The van der Waals surface area contributed by atoms with E-state index in [4.69, 9.17) is 11.6 Å². The van der Waals surface area contributed by atoms with Crippen molar-refractivity contribution >= 4 is 23.2 Å². The second-order valence-corrected chi connectivity index (χ2v) is 8.09. The number of aromatic amines is 1. The van der Waals surface area contributed by atoms with Gasteiger partial charge in [-0.25, -0.2) is 0 Å². The SMILES string of the molecule is CCN(CC(C)C)c1cc(Cl)cc(C(=O)NCc2c(C)cc(C)[nH]c2=O)c1C. The van der Waals surface area contributed by atoms with E-state index in [1.165, 1.54) is 0 Å². The summed E-state index contributed by atoms with van der Waals surface area (Å²) < 4.78 is 0. The molecule has 5 nitrogen and oxygen atoms in total. The fraction of sp³-hybridized carbons (Fsp3) is 0.455. The number of anilines is 1. The zero-order chi connectivity index (χ0) is 21.0. The summed E-state index contributed by atoms with van der Waals surface area (Å²) in [6, 6.07) is 5.50. The summed E-state index contributed by atoms with van der Waals surface area (Å²) in [5, 5.41) is 3.40. The van der Waals surface area contributed by atoms with Gasteiger partial charge in [-0.05, 0) is 62.9 Å². The summed E-state index contributed by atoms with van der Waals surface area (Å²) in [6.07, 6.45) is 0. The summed E-state index contributed by atoms with van der Waals surface area (Å²) in [7, 11) is 0. The third-order valence-corrected chi connectivity index (χ3v) is 5.04. The van der Waals surface area contributed by atoms with Crippen LogP contribution in [-0.4, -0.2) is 24.0 Å². The van der Waals surface area contributed by atoms with E-state index in [-0.39, 0.29) is 18.0 Å². The van der Waals surface area contributed by atoms with Crippen molar-refractivity contribution < 1.29 is 4.79 Å². The lowest BCUT2D eigenvalue weighted by molar-refractivity contribution is 0.0950. The van der Waals surface area contributed by atoms with Crippen LogP contribution in [0.2, 0.25) is 5.02 Å². The molecule has 1 aromatic heterocycles. The predicted octanol–water partition coefficient (Wildman–Crippen LogP) is 4.37. The van der Waals surface area contributed by atoms with E-state index in [1.54, 1.807) is 6.07 Å². The Hall–Kier alpha value is -2.27. The monoisotopic (exact) mass is 403 g/mol. The maximum absolute atomic E-state index is 12.9. The maximum Gasteiger partial charge on any atom is 0.253 e. The first kappa shape index (κ1) is 22.0. The van der Waals surface area contributed by atoms with Crippen molar-refractivity contribution in [3.05, 3.63) is 61.5 Å². The van der Waals surface area contributed by atoms with Gasteiger partial charge in [-0.2, -0.15) is 0 Å². The topological polar surface area (TPSA) is 65.2 Å². The number of carbonyl (C=O) groups is 1. The number of aryl methyl sites for hydroxylation is 2. The normalized spacial score (nSPS) is 11.0. The largest absolute Gasteiger partial charge is 0.371 e. The van der Waals surface area contributed by atoms with Gasteiger partial charge in [0.1, 0.15) is 0 Å². The van der Waals surface area contributed by atoms with Gasteiger partial charge >= 0.3 is 0 Å². The van der Waals surface area contributed by atoms with Gasteiger partial charge in [0.15, 0.2) is 0 Å². The smallest absolute Gasteiger partial charge is 0.253 e. The van der Waals surface area contributed by atoms with E-state index in [9.17, 15) is 9.59 Å². The molecule has 0 atom stereocenters. The van der Waals surface area contributed by atoms with E-state index in [0.717, 1.165) is 35.6 Å². The molecular weight excluding hydrogens is 374 g/mol. The third kappa shape index (κ3) is 5.16. The molecule has 0 fully saturated rings. The van der Waals surface area contributed by atoms with Crippen molar-refractivity contribution in [2.24, 2.45) is 5.92 Å². The highest BCUT2D eigenvalue weighted by molar-refractivity contribution is 6.31. The Labute approximate surface area is 172 Å². The Balaban J connectivity index is 2.30. The van der Waals surface area contributed by atoms with E-state index in [2.05, 4.69) is 36.0 Å². The molecule has 0 saturated carbocycles. The van der Waals surface area contributed by atoms with Crippen LogP contribution in [0.5, 0.6) is 0 Å². The van der Waals surface area contributed by atoms with Crippen LogP contribution in [0.3, 0.4) is 0 Å². The summed E-state index contributed by atoms with van der Waals surface area (Å²) in [4.78, 5) is 30.1. The van der Waals surface area contributed by atoms with Crippen molar-refractivity contribution in [1.82, 2.24) is 10.3 Å². The van der Waals surface area contributed by atoms with Crippen molar-refractivity contribution in [2.75, 3.05) is 18.0 Å². The minimum absolute atomic E-state index is 0.171. The third-order valence-electron chi connectivity index (χ3n) is 4.82. The molecule has 2 aromatic rings. The van der Waals surface area contributed by atoms with E-state index in [1.807, 2.05) is 32.9 Å². The Kier molecular flexibility index (Phi) is 7.30. The minimum Gasteiger partial charge on any atom is -0.371 e. The average Bonchev–Trinajstić information content (AvgIpc) is 2.60. The average molecular weight is 404 g/mol. The number of H-pyrrole nitrogens is 1. The van der Waals surface area contributed by atoms with Crippen LogP contribution >= 0.6 is 11.6 Å². The zero-order valence-corrected chi connectivity index (χ0v) is 18.3. The number of nitrogens with zero attached hydrogens (tertiary/aromatic N) is 1. The van der Waals surface area contributed by atoms with Gasteiger partial charge in [0.05, 0.1) is 0 Å². The molecule has 0 spiro atoms. The molecule has 0 radical (unpaired) electrons. The molecule has 1 amide bonds. The second kappa shape index (κ2) is 9.28. The van der Waals surface area contributed by atoms with Crippen LogP contribution in [0, 0.1) is 26.7 Å². The minimum atomic E-state index is -0.235. The van der Waals surface area contributed by atoms with Gasteiger partial charge in [-0.3, -0.25) is 9.59 Å². The number of nitrogens with one attached hydrogen (secondary N) is 2. The van der Waals surface area contributed by atoms with Gasteiger partial charge in [0.25, 0.3) is 11.5 Å². The quantitative estimate of drug-likeness (QED) is 0.721. The van der Waals surface area contributed by atoms with Gasteiger partial charge in [-0.1, -0.05) is 25.4 Å². The molecule has 0 aliphatic heterocycles. The number of hydrogen-bond acceptors (Lipinski definition) is 3. The lowest BCUT2D eigenvalue weighted by Gasteiger charge is -2.28. The van der Waals surface area contributed by atoms with Crippen LogP contribution in [0.1, 0.15) is 53.5 Å².